The third-order valence-electron chi connectivity index (χ3n) is 2.96. The number of nitrogens with zero attached hydrogens (tertiary/aromatic N) is 1. The topological polar surface area (TPSA) is 29.5 Å². The summed E-state index contributed by atoms with van der Waals surface area (Å²) >= 11 is 0. The lowest BCUT2D eigenvalue weighted by molar-refractivity contribution is -0.137. The second-order valence-corrected chi connectivity index (χ2v) is 4.52. The van der Waals surface area contributed by atoms with Crippen LogP contribution in [0.15, 0.2) is 0 Å². The largest absolute Gasteiger partial charge is 0.368 e. The highest BCUT2D eigenvalue weighted by molar-refractivity contribution is 5.83. The van der Waals surface area contributed by atoms with Gasteiger partial charge in [-0.05, 0) is 20.3 Å². The van der Waals surface area contributed by atoms with E-state index in [0.717, 1.165) is 25.9 Å². The maximum absolute atomic E-state index is 11.8. The highest BCUT2D eigenvalue weighted by Gasteiger charge is 2.26. The zero-order valence-electron chi connectivity index (χ0n) is 10.2. The molecule has 0 aromatic heterocycles. The van der Waals surface area contributed by atoms with Crippen molar-refractivity contribution in [2.45, 2.75) is 52.2 Å². The fraction of sp³-hybridized carbons (Fsp3) is 0.917. The van der Waals surface area contributed by atoms with E-state index in [-0.39, 0.29) is 11.9 Å². The molecule has 1 saturated heterocycles. The maximum Gasteiger partial charge on any atom is 0.162 e. The van der Waals surface area contributed by atoms with E-state index in [2.05, 4.69) is 25.7 Å². The molecule has 3 heteroatoms. The van der Waals surface area contributed by atoms with Crippen molar-refractivity contribution in [3.05, 3.63) is 0 Å². The molecular formula is C12H23NO2. The van der Waals surface area contributed by atoms with Crippen LogP contribution in [0.5, 0.6) is 0 Å². The minimum Gasteiger partial charge on any atom is -0.368 e. The first-order valence-electron chi connectivity index (χ1n) is 6.03. The average Bonchev–Trinajstić information content (AvgIpc) is 2.26. The fourth-order valence-corrected chi connectivity index (χ4v) is 1.84. The monoisotopic (exact) mass is 213 g/mol. The summed E-state index contributed by atoms with van der Waals surface area (Å²) in [7, 11) is 0. The molecule has 0 bridgehead atoms. The number of Topliss-reactive ketones (excluding diaryl/α,β-unsaturated/α-hetero) is 1. The highest BCUT2D eigenvalue weighted by Crippen LogP contribution is 2.12. The van der Waals surface area contributed by atoms with Crippen LogP contribution in [-0.4, -0.2) is 42.5 Å². The number of ketones is 1. The molecule has 0 aromatic carbocycles. The predicted octanol–water partition coefficient (Wildman–Crippen LogP) is 1.85. The number of hydrogen-bond acceptors (Lipinski definition) is 3. The minimum atomic E-state index is -0.173. The first-order chi connectivity index (χ1) is 7.15. The van der Waals surface area contributed by atoms with Gasteiger partial charge in [0.25, 0.3) is 0 Å². The van der Waals surface area contributed by atoms with Crippen LogP contribution in [0.4, 0.5) is 0 Å². The van der Waals surface area contributed by atoms with E-state index in [4.69, 9.17) is 4.74 Å². The van der Waals surface area contributed by atoms with Crippen LogP contribution in [0.2, 0.25) is 0 Å². The molecule has 1 aliphatic heterocycles. The molecule has 1 fully saturated rings. The second kappa shape index (κ2) is 6.23. The van der Waals surface area contributed by atoms with E-state index in [1.165, 1.54) is 0 Å². The third kappa shape index (κ3) is 3.92. The molecule has 1 aliphatic rings. The number of rotatable bonds is 5. The van der Waals surface area contributed by atoms with Gasteiger partial charge in [0.05, 0.1) is 6.61 Å². The molecule has 0 saturated carbocycles. The molecule has 1 unspecified atom stereocenters. The summed E-state index contributed by atoms with van der Waals surface area (Å²) in [5.74, 6) is 0.280. The van der Waals surface area contributed by atoms with E-state index in [9.17, 15) is 4.79 Å². The van der Waals surface area contributed by atoms with Crippen molar-refractivity contribution in [1.82, 2.24) is 4.90 Å². The van der Waals surface area contributed by atoms with Gasteiger partial charge >= 0.3 is 0 Å². The molecule has 1 heterocycles. The Morgan fingerprint density at radius 1 is 1.53 bits per heavy atom. The summed E-state index contributed by atoms with van der Waals surface area (Å²) in [6.45, 7) is 8.86. The van der Waals surface area contributed by atoms with Gasteiger partial charge in [-0.1, -0.05) is 13.3 Å². The molecule has 15 heavy (non-hydrogen) atoms. The quantitative estimate of drug-likeness (QED) is 0.698. The Hall–Kier alpha value is -0.410. The van der Waals surface area contributed by atoms with Gasteiger partial charge in [0.1, 0.15) is 6.10 Å². The summed E-state index contributed by atoms with van der Waals surface area (Å²) in [5, 5.41) is 0. The summed E-state index contributed by atoms with van der Waals surface area (Å²) in [6.07, 6.45) is 2.56. The Bertz CT molecular complexity index is 204. The van der Waals surface area contributed by atoms with Crippen LogP contribution in [0.1, 0.15) is 40.0 Å². The van der Waals surface area contributed by atoms with Crippen LogP contribution in [-0.2, 0) is 9.53 Å². The van der Waals surface area contributed by atoms with Crippen molar-refractivity contribution >= 4 is 5.78 Å². The zero-order chi connectivity index (χ0) is 11.3. The summed E-state index contributed by atoms with van der Waals surface area (Å²) in [4.78, 5) is 14.1. The van der Waals surface area contributed by atoms with E-state index in [1.54, 1.807) is 0 Å². The normalized spacial score (nSPS) is 23.3. The number of hydrogen-bond donors (Lipinski definition) is 0. The van der Waals surface area contributed by atoms with Gasteiger partial charge in [-0.15, -0.1) is 0 Å². The standard InChI is InChI=1S/C12H23NO2/c1-4-5-6-11(14)12-9-13(10(2)3)7-8-15-12/h10,12H,4-9H2,1-3H3. The van der Waals surface area contributed by atoms with Gasteiger partial charge in [0.2, 0.25) is 0 Å². The number of carbonyl (C=O) groups excluding carboxylic acids is 1. The first-order valence-corrected chi connectivity index (χ1v) is 6.03. The van der Waals surface area contributed by atoms with Gasteiger partial charge in [-0.25, -0.2) is 0 Å². The number of unbranched alkanes of at least 4 members (excludes halogenated alkanes) is 1. The lowest BCUT2D eigenvalue weighted by atomic mass is 10.1. The van der Waals surface area contributed by atoms with Crippen molar-refractivity contribution < 1.29 is 9.53 Å². The van der Waals surface area contributed by atoms with Gasteiger partial charge in [0.15, 0.2) is 5.78 Å². The van der Waals surface area contributed by atoms with Gasteiger partial charge < -0.3 is 4.74 Å². The van der Waals surface area contributed by atoms with Crippen molar-refractivity contribution in [3.8, 4) is 0 Å². The lowest BCUT2D eigenvalue weighted by Gasteiger charge is -2.34. The molecule has 0 spiro atoms. The molecule has 3 nitrogen and oxygen atoms in total. The Balaban J connectivity index is 2.38. The smallest absolute Gasteiger partial charge is 0.162 e. The Kier molecular flexibility index (Phi) is 5.26. The number of morpholine rings is 1. The van der Waals surface area contributed by atoms with Crippen molar-refractivity contribution in [3.63, 3.8) is 0 Å². The first kappa shape index (κ1) is 12.7. The molecular weight excluding hydrogens is 190 g/mol. The zero-order valence-corrected chi connectivity index (χ0v) is 10.2. The van der Waals surface area contributed by atoms with Crippen molar-refractivity contribution in [1.29, 1.82) is 0 Å². The molecule has 88 valence electrons. The predicted molar refractivity (Wildman–Crippen MR) is 61.0 cm³/mol. The van der Waals surface area contributed by atoms with Crippen LogP contribution in [0, 0.1) is 0 Å². The summed E-state index contributed by atoms with van der Waals surface area (Å²) < 4.78 is 5.53. The minimum absolute atomic E-state index is 0.173. The molecule has 1 rings (SSSR count). The molecule has 1 atom stereocenters. The van der Waals surface area contributed by atoms with Crippen LogP contribution < -0.4 is 0 Å². The Morgan fingerprint density at radius 3 is 2.87 bits per heavy atom. The van der Waals surface area contributed by atoms with Crippen molar-refractivity contribution in [2.75, 3.05) is 19.7 Å². The van der Waals surface area contributed by atoms with Gasteiger partial charge in [-0.3, -0.25) is 9.69 Å². The Labute approximate surface area is 92.8 Å². The second-order valence-electron chi connectivity index (χ2n) is 4.52. The highest BCUT2D eigenvalue weighted by atomic mass is 16.5. The average molecular weight is 213 g/mol. The maximum atomic E-state index is 11.8. The summed E-state index contributed by atoms with van der Waals surface area (Å²) in [6, 6.07) is 0.510. The molecule has 0 radical (unpaired) electrons. The molecule has 0 aromatic rings. The van der Waals surface area contributed by atoms with E-state index in [0.29, 0.717) is 19.1 Å². The van der Waals surface area contributed by atoms with Crippen LogP contribution in [0.25, 0.3) is 0 Å². The Morgan fingerprint density at radius 2 is 2.27 bits per heavy atom. The fourth-order valence-electron chi connectivity index (χ4n) is 1.84. The number of carbonyl (C=O) groups is 1. The molecule has 0 amide bonds. The van der Waals surface area contributed by atoms with E-state index in [1.807, 2.05) is 0 Å². The van der Waals surface area contributed by atoms with Gasteiger partial charge in [-0.2, -0.15) is 0 Å². The third-order valence-corrected chi connectivity index (χ3v) is 2.96. The molecule has 0 N–H and O–H groups in total. The SMILES string of the molecule is CCCCC(=O)C1CN(C(C)C)CCO1. The van der Waals surface area contributed by atoms with E-state index < -0.39 is 0 Å². The van der Waals surface area contributed by atoms with Crippen molar-refractivity contribution in [2.24, 2.45) is 0 Å². The number of ether oxygens (including phenoxy) is 1. The van der Waals surface area contributed by atoms with E-state index >= 15 is 0 Å². The summed E-state index contributed by atoms with van der Waals surface area (Å²) in [5.41, 5.74) is 0. The lowest BCUT2D eigenvalue weighted by Crippen LogP contribution is -2.48. The molecule has 0 aliphatic carbocycles. The van der Waals surface area contributed by atoms with Crippen LogP contribution in [0.3, 0.4) is 0 Å². The van der Waals surface area contributed by atoms with Gasteiger partial charge in [0, 0.05) is 25.6 Å². The van der Waals surface area contributed by atoms with Crippen LogP contribution >= 0.6 is 0 Å².